The number of phosphoric acid groups is 3. The number of fused-ring (bicyclic) bond motifs is 1. The van der Waals surface area contributed by atoms with Gasteiger partial charge in [0.2, 0.25) is 16.9 Å². The lowest BCUT2D eigenvalue weighted by Gasteiger charge is -2.36. The Morgan fingerprint density at radius 1 is 1.02 bits per heavy atom. The second-order valence-electron chi connectivity index (χ2n) is 14.1. The number of imidazole rings is 1. The van der Waals surface area contributed by atoms with E-state index < -0.39 is 84.6 Å². The van der Waals surface area contributed by atoms with Crippen LogP contribution in [0, 0.1) is 5.41 Å². The first-order chi connectivity index (χ1) is 28.6. The Labute approximate surface area is 355 Å². The lowest BCUT2D eigenvalue weighted by molar-refractivity contribution is -0.347. The fourth-order valence-corrected chi connectivity index (χ4v) is 8.76. The molecule has 6 N–H and O–H groups in total. The number of aromatic nitrogens is 4. The predicted molar refractivity (Wildman–Crippen MR) is 210 cm³/mol. The number of carbonyl (C=O) groups is 3. The number of unbranched alkanes of at least 4 members (excludes halogenated alkanes) is 4. The molecule has 0 aromatic carbocycles. The van der Waals surface area contributed by atoms with Crippen LogP contribution >= 0.6 is 35.2 Å². The fraction of sp³-hybridized carbons (Fsp3) is 0.636. The van der Waals surface area contributed by atoms with Crippen LogP contribution in [0.4, 0.5) is 5.82 Å². The first-order valence-corrected chi connectivity index (χ1v) is 24.2. The molecule has 344 valence electrons. The highest BCUT2D eigenvalue weighted by Crippen LogP contribution is 2.56. The van der Waals surface area contributed by atoms with E-state index in [1.54, 1.807) is 6.08 Å². The topological polar surface area (TPSA) is 375 Å². The molecule has 0 bridgehead atoms. The Morgan fingerprint density at radius 3 is 2.41 bits per heavy atom. The van der Waals surface area contributed by atoms with E-state index >= 15 is 0 Å². The smallest absolute Gasteiger partial charge is 0.274 e. The molecule has 0 aliphatic carbocycles. The first-order valence-electron chi connectivity index (χ1n) is 18.9. The molecular weight excluding hydrogens is 891 g/mol. The molecule has 2 aromatic rings. The molecule has 2 aromatic heterocycles. The average molecular weight is 942 g/mol. The van der Waals surface area contributed by atoms with Gasteiger partial charge in [-0.15, -0.1) is 0 Å². The van der Waals surface area contributed by atoms with E-state index in [1.165, 1.54) is 39.2 Å². The number of aliphatic hydroxyl groups excluding tert-OH is 2. The van der Waals surface area contributed by atoms with Crippen molar-refractivity contribution in [3.8, 4) is 0 Å². The minimum atomic E-state index is -5.92. The summed E-state index contributed by atoms with van der Waals surface area (Å²) in [4.78, 5) is 96.3. The van der Waals surface area contributed by atoms with Crippen molar-refractivity contribution in [2.24, 2.45) is 5.41 Å². The number of nitrogen functional groups attached to an aromatic ring is 1. The number of hydrogen-bond donors (Lipinski definition) is 5. The molecule has 1 aliphatic heterocycles. The van der Waals surface area contributed by atoms with Gasteiger partial charge in [0.1, 0.15) is 36.3 Å². The van der Waals surface area contributed by atoms with Crippen molar-refractivity contribution in [1.82, 2.24) is 30.2 Å². The Bertz CT molecular complexity index is 1980. The van der Waals surface area contributed by atoms with Gasteiger partial charge in [-0.25, -0.2) is 19.3 Å². The molecular formula is C33H50N7O17P3S-4. The van der Waals surface area contributed by atoms with Crippen molar-refractivity contribution in [1.29, 1.82) is 0 Å². The average Bonchev–Trinajstić information content (AvgIpc) is 3.73. The van der Waals surface area contributed by atoms with Gasteiger partial charge in [-0.3, -0.25) is 28.1 Å². The summed E-state index contributed by atoms with van der Waals surface area (Å²) in [6.45, 7) is 2.24. The quantitative estimate of drug-likeness (QED) is 0.0329. The van der Waals surface area contributed by atoms with Crippen molar-refractivity contribution in [2.45, 2.75) is 96.4 Å². The molecule has 61 heavy (non-hydrogen) atoms. The number of carbonyl (C=O) groups excluding carboxylic acids is 3. The van der Waals surface area contributed by atoms with E-state index in [-0.39, 0.29) is 41.6 Å². The Kier molecular flexibility index (Phi) is 20.8. The fourth-order valence-electron chi connectivity index (χ4n) is 5.43. The number of hydrogen-bond acceptors (Lipinski definition) is 22. The van der Waals surface area contributed by atoms with Crippen LogP contribution in [0.3, 0.4) is 0 Å². The highest BCUT2D eigenvalue weighted by molar-refractivity contribution is 8.14. The van der Waals surface area contributed by atoms with Crippen LogP contribution in [-0.2, 0) is 50.7 Å². The maximum Gasteiger partial charge on any atom is 0.274 e. The zero-order valence-electron chi connectivity index (χ0n) is 33.5. The van der Waals surface area contributed by atoms with Crippen LogP contribution in [0.2, 0.25) is 0 Å². The standard InChI is InChI=1S/C33H54N7O17P3S/c1-4-5-6-7-8-9-10-11-12-13-24(42)61-17-16-35-23(41)14-15-36-31(45)28(44)33(2,3)19-54-60(51,52)57-59(49,50)53-18-22-27(56-58(46,47)48)26(43)32(55-22)40-21-39-25-29(34)37-20-38-30(25)40/h8-9,12-13,20-22,26-28,32,43-44H,4-7,10-11,14-19H2,1-3H3,(H,35,41)(H,36,45)(H,49,50)(H,51,52)(H2,34,37,38)(H2,46,47,48)/p-4/b9-8-,13-12+/t22-,26-,27-,28+,32-/m1/s1. The molecule has 1 saturated heterocycles. The van der Waals surface area contributed by atoms with Gasteiger partial charge < -0.3 is 69.0 Å². The molecule has 28 heteroatoms. The van der Waals surface area contributed by atoms with Crippen LogP contribution in [0.15, 0.2) is 37.0 Å². The molecule has 0 radical (unpaired) electrons. The lowest BCUT2D eigenvalue weighted by atomic mass is 9.87. The molecule has 2 unspecified atom stereocenters. The van der Waals surface area contributed by atoms with Crippen molar-refractivity contribution in [3.05, 3.63) is 37.0 Å². The van der Waals surface area contributed by atoms with Crippen LogP contribution in [0.25, 0.3) is 11.2 Å². The van der Waals surface area contributed by atoms with Crippen LogP contribution in [0.5, 0.6) is 0 Å². The van der Waals surface area contributed by atoms with Gasteiger partial charge in [0.25, 0.3) is 15.6 Å². The Balaban J connectivity index is 1.41. The third-order valence-electron chi connectivity index (χ3n) is 8.62. The van der Waals surface area contributed by atoms with E-state index in [1.807, 2.05) is 0 Å². The number of rotatable bonds is 27. The van der Waals surface area contributed by atoms with Crippen LogP contribution in [0.1, 0.15) is 71.9 Å². The summed E-state index contributed by atoms with van der Waals surface area (Å²) in [7, 11) is -17.6. The first kappa shape index (κ1) is 52.4. The van der Waals surface area contributed by atoms with Gasteiger partial charge >= 0.3 is 0 Å². The summed E-state index contributed by atoms with van der Waals surface area (Å²) in [6, 6.07) is 0. The van der Waals surface area contributed by atoms with Crippen LogP contribution in [-0.4, -0.2) is 103 Å². The summed E-state index contributed by atoms with van der Waals surface area (Å²) in [6.07, 6.45) is 6.10. The van der Waals surface area contributed by atoms with E-state index in [0.717, 1.165) is 48.2 Å². The van der Waals surface area contributed by atoms with Crippen molar-refractivity contribution in [2.75, 3.05) is 37.8 Å². The van der Waals surface area contributed by atoms with Gasteiger partial charge in [0.05, 0.1) is 27.4 Å². The van der Waals surface area contributed by atoms with E-state index in [2.05, 4.69) is 62.5 Å². The number of nitrogens with two attached hydrogens (primary N) is 1. The molecule has 1 fully saturated rings. The summed E-state index contributed by atoms with van der Waals surface area (Å²) in [5.74, 6) is -1.24. The van der Waals surface area contributed by atoms with Crippen molar-refractivity contribution in [3.63, 3.8) is 0 Å². The maximum atomic E-state index is 12.6. The molecule has 24 nitrogen and oxygen atoms in total. The van der Waals surface area contributed by atoms with Crippen molar-refractivity contribution < 1.29 is 80.5 Å². The molecule has 0 spiro atoms. The van der Waals surface area contributed by atoms with Gasteiger partial charge in [0, 0.05) is 30.7 Å². The number of aliphatic hydroxyl groups is 2. The SMILES string of the molecule is CCCCC/C=C\CC/C=C/C(=O)SCCNC(=O)CCNC(=O)[C@H](O)C(C)(C)COP(=O)([O-])OP(=O)([O-])OC[C@H]1O[C@@H](n2cnc3c(N)ncnc32)[C@H](O)[C@@H]1OP(=O)([O-])[O-]. The number of thioether (sulfide) groups is 1. The third kappa shape index (κ3) is 18.0. The number of allylic oxidation sites excluding steroid dienone is 3. The van der Waals surface area contributed by atoms with E-state index in [4.69, 9.17) is 10.5 Å². The normalized spacial score (nSPS) is 21.1. The molecule has 0 saturated carbocycles. The molecule has 3 rings (SSSR count). The van der Waals surface area contributed by atoms with Gasteiger partial charge in [-0.05, 0) is 31.8 Å². The summed E-state index contributed by atoms with van der Waals surface area (Å²) < 4.78 is 60.6. The third-order valence-corrected chi connectivity index (χ3v) is 12.5. The largest absolute Gasteiger partial charge is 0.790 e. The maximum absolute atomic E-state index is 12.6. The van der Waals surface area contributed by atoms with E-state index in [0.29, 0.717) is 5.75 Å². The monoisotopic (exact) mass is 941 g/mol. The minimum absolute atomic E-state index is 0.0213. The van der Waals surface area contributed by atoms with E-state index in [9.17, 15) is 57.9 Å². The summed E-state index contributed by atoms with van der Waals surface area (Å²) >= 11 is 1.03. The lowest BCUT2D eigenvalue weighted by Crippen LogP contribution is -2.46. The summed E-state index contributed by atoms with van der Waals surface area (Å²) in [5, 5.41) is 26.1. The van der Waals surface area contributed by atoms with Crippen molar-refractivity contribution >= 4 is 69.1 Å². The Hall–Kier alpha value is -2.96. The number of nitrogens with zero attached hydrogens (tertiary/aromatic N) is 4. The number of amides is 2. The number of anilines is 1. The highest BCUT2D eigenvalue weighted by Gasteiger charge is 2.47. The highest BCUT2D eigenvalue weighted by atomic mass is 32.2. The number of nitrogens with one attached hydrogen (secondary N) is 2. The number of ether oxygens (including phenoxy) is 1. The zero-order valence-corrected chi connectivity index (χ0v) is 37.0. The van der Waals surface area contributed by atoms with Gasteiger partial charge in [-0.1, -0.05) is 63.6 Å². The number of phosphoric ester groups is 3. The second kappa shape index (κ2) is 24.2. The molecule has 3 heterocycles. The molecule has 2 amide bonds. The predicted octanol–water partition coefficient (Wildman–Crippen LogP) is -0.390. The summed E-state index contributed by atoms with van der Waals surface area (Å²) in [5.41, 5.74) is 4.07. The molecule has 7 atom stereocenters. The van der Waals surface area contributed by atoms with Gasteiger partial charge in [0.15, 0.2) is 17.7 Å². The molecule has 1 aliphatic rings. The minimum Gasteiger partial charge on any atom is -0.790 e. The zero-order chi connectivity index (χ0) is 45.4. The van der Waals surface area contributed by atoms with Crippen LogP contribution < -0.4 is 35.9 Å². The second-order valence-corrected chi connectivity index (χ2v) is 19.3. The van der Waals surface area contributed by atoms with Gasteiger partial charge in [-0.2, -0.15) is 0 Å². The Morgan fingerprint density at radius 2 is 1.70 bits per heavy atom.